The summed E-state index contributed by atoms with van der Waals surface area (Å²) in [6.07, 6.45) is 5.68. The molecule has 4 nitrogen and oxygen atoms in total. The maximum Gasteiger partial charge on any atom is 0.191 e. The number of nitriles is 1. The number of allylic oxidation sites excluding steroid dienone is 1. The fourth-order valence-corrected chi connectivity index (χ4v) is 4.33. The Morgan fingerprint density at radius 2 is 1.86 bits per heavy atom. The zero-order valence-corrected chi connectivity index (χ0v) is 12.9. The Morgan fingerprint density at radius 3 is 2.38 bits per heavy atom. The van der Waals surface area contributed by atoms with Crippen LogP contribution in [0.5, 0.6) is 5.75 Å². The van der Waals surface area contributed by atoms with E-state index < -0.39 is 15.1 Å². The van der Waals surface area contributed by atoms with Crippen LogP contribution in [0, 0.1) is 11.3 Å². The average molecular weight is 305 g/mol. The number of nitrogens with zero attached hydrogens (tertiary/aromatic N) is 1. The second-order valence-corrected chi connectivity index (χ2v) is 7.40. The Kier molecular flexibility index (Phi) is 5.03. The molecule has 1 aromatic carbocycles. The molecular formula is C16H19NO3S. The lowest BCUT2D eigenvalue weighted by Gasteiger charge is -2.21. The molecule has 0 unspecified atom stereocenters. The van der Waals surface area contributed by atoms with E-state index in [1.54, 1.807) is 31.4 Å². The van der Waals surface area contributed by atoms with Gasteiger partial charge in [0.1, 0.15) is 16.7 Å². The maximum absolute atomic E-state index is 12.5. The van der Waals surface area contributed by atoms with E-state index in [-0.39, 0.29) is 4.91 Å². The second kappa shape index (κ2) is 6.77. The highest BCUT2D eigenvalue weighted by molar-refractivity contribution is 7.96. The van der Waals surface area contributed by atoms with Gasteiger partial charge in [-0.15, -0.1) is 0 Å². The first-order valence-electron chi connectivity index (χ1n) is 7.07. The highest BCUT2D eigenvalue weighted by Gasteiger charge is 2.30. The molecule has 0 radical (unpaired) electrons. The number of ether oxygens (including phenoxy) is 1. The summed E-state index contributed by atoms with van der Waals surface area (Å²) in [5.74, 6) is 0.695. The largest absolute Gasteiger partial charge is 0.497 e. The van der Waals surface area contributed by atoms with Crippen LogP contribution >= 0.6 is 0 Å². The molecule has 0 bridgehead atoms. The molecule has 1 aliphatic rings. The van der Waals surface area contributed by atoms with E-state index in [2.05, 4.69) is 0 Å². The zero-order chi connectivity index (χ0) is 15.3. The van der Waals surface area contributed by atoms with Gasteiger partial charge in [0.15, 0.2) is 9.84 Å². The summed E-state index contributed by atoms with van der Waals surface area (Å²) in [4.78, 5) is -0.139. The first kappa shape index (κ1) is 15.6. The predicted octanol–water partition coefficient (Wildman–Crippen LogP) is 3.31. The fraction of sp³-hybridized carbons (Fsp3) is 0.438. The van der Waals surface area contributed by atoms with Crippen molar-refractivity contribution in [2.75, 3.05) is 7.11 Å². The van der Waals surface area contributed by atoms with Gasteiger partial charge in [0.05, 0.1) is 12.4 Å². The van der Waals surface area contributed by atoms with Crippen LogP contribution in [-0.4, -0.2) is 20.8 Å². The normalized spacial score (nSPS) is 17.2. The molecule has 0 N–H and O–H groups in total. The van der Waals surface area contributed by atoms with E-state index in [1.165, 1.54) is 6.08 Å². The highest BCUT2D eigenvalue weighted by atomic mass is 32.2. The van der Waals surface area contributed by atoms with Crippen molar-refractivity contribution in [1.82, 2.24) is 0 Å². The molecule has 1 aromatic rings. The molecule has 1 aliphatic carbocycles. The van der Waals surface area contributed by atoms with E-state index in [0.29, 0.717) is 24.2 Å². The molecule has 112 valence electrons. The number of hydrogen-bond acceptors (Lipinski definition) is 4. The molecule has 0 saturated heterocycles. The van der Waals surface area contributed by atoms with Gasteiger partial charge in [-0.25, -0.2) is 8.42 Å². The quantitative estimate of drug-likeness (QED) is 0.800. The molecule has 0 aliphatic heterocycles. The van der Waals surface area contributed by atoms with Gasteiger partial charge in [-0.05, 0) is 36.6 Å². The first-order chi connectivity index (χ1) is 10.1. The number of methoxy groups -OCH3 is 1. The van der Waals surface area contributed by atoms with Crippen molar-refractivity contribution in [1.29, 1.82) is 5.26 Å². The van der Waals surface area contributed by atoms with E-state index >= 15 is 0 Å². The second-order valence-electron chi connectivity index (χ2n) is 5.20. The summed E-state index contributed by atoms with van der Waals surface area (Å²) >= 11 is 0. The van der Waals surface area contributed by atoms with Crippen LogP contribution in [0.2, 0.25) is 0 Å². The summed E-state index contributed by atoms with van der Waals surface area (Å²) in [7, 11) is -1.95. The highest BCUT2D eigenvalue weighted by Crippen LogP contribution is 2.28. The minimum Gasteiger partial charge on any atom is -0.497 e. The van der Waals surface area contributed by atoms with Gasteiger partial charge in [-0.1, -0.05) is 31.4 Å². The number of hydrogen-bond donors (Lipinski definition) is 0. The van der Waals surface area contributed by atoms with Crippen molar-refractivity contribution in [3.8, 4) is 11.8 Å². The van der Waals surface area contributed by atoms with E-state index in [1.807, 2.05) is 6.07 Å². The number of benzene rings is 1. The van der Waals surface area contributed by atoms with Crippen molar-refractivity contribution < 1.29 is 13.2 Å². The fourth-order valence-electron chi connectivity index (χ4n) is 2.58. The third kappa shape index (κ3) is 3.64. The molecule has 21 heavy (non-hydrogen) atoms. The van der Waals surface area contributed by atoms with Crippen LogP contribution in [0.3, 0.4) is 0 Å². The van der Waals surface area contributed by atoms with Crippen molar-refractivity contribution in [3.63, 3.8) is 0 Å². The summed E-state index contributed by atoms with van der Waals surface area (Å²) in [5, 5.41) is 8.83. The lowest BCUT2D eigenvalue weighted by molar-refractivity contribution is 0.415. The van der Waals surface area contributed by atoms with Crippen molar-refractivity contribution in [2.24, 2.45) is 0 Å². The molecule has 0 aromatic heterocycles. The Hall–Kier alpha value is -1.80. The molecule has 0 spiro atoms. The van der Waals surface area contributed by atoms with E-state index in [9.17, 15) is 13.7 Å². The van der Waals surface area contributed by atoms with Gasteiger partial charge in [0.2, 0.25) is 0 Å². The van der Waals surface area contributed by atoms with Crippen LogP contribution in [0.25, 0.3) is 6.08 Å². The molecule has 1 saturated carbocycles. The Bertz CT molecular complexity index is 648. The monoisotopic (exact) mass is 305 g/mol. The molecule has 0 heterocycles. The van der Waals surface area contributed by atoms with Gasteiger partial charge < -0.3 is 4.74 Å². The van der Waals surface area contributed by atoms with Gasteiger partial charge in [0, 0.05) is 0 Å². The average Bonchev–Trinajstić information content (AvgIpc) is 2.53. The van der Waals surface area contributed by atoms with Crippen LogP contribution in [0.15, 0.2) is 29.2 Å². The topological polar surface area (TPSA) is 67.2 Å². The van der Waals surface area contributed by atoms with Crippen LogP contribution in [0.4, 0.5) is 0 Å². The van der Waals surface area contributed by atoms with E-state index in [0.717, 1.165) is 19.3 Å². The Labute approximate surface area is 126 Å². The van der Waals surface area contributed by atoms with Crippen molar-refractivity contribution in [3.05, 3.63) is 34.7 Å². The predicted molar refractivity (Wildman–Crippen MR) is 82.4 cm³/mol. The van der Waals surface area contributed by atoms with Gasteiger partial charge in [-0.2, -0.15) is 5.26 Å². The lowest BCUT2D eigenvalue weighted by atomic mass is 10.0. The van der Waals surface area contributed by atoms with Crippen LogP contribution < -0.4 is 4.74 Å². The molecule has 2 rings (SSSR count). The third-order valence-corrected chi connectivity index (χ3v) is 5.99. The molecule has 1 fully saturated rings. The minimum atomic E-state index is -3.52. The van der Waals surface area contributed by atoms with E-state index in [4.69, 9.17) is 4.74 Å². The number of sulfone groups is 1. The lowest BCUT2D eigenvalue weighted by Crippen LogP contribution is -2.24. The summed E-state index contributed by atoms with van der Waals surface area (Å²) in [5.41, 5.74) is 0.687. The molecule has 0 amide bonds. The maximum atomic E-state index is 12.5. The van der Waals surface area contributed by atoms with Crippen LogP contribution in [0.1, 0.15) is 37.7 Å². The van der Waals surface area contributed by atoms with Gasteiger partial charge in [0.25, 0.3) is 0 Å². The zero-order valence-electron chi connectivity index (χ0n) is 12.1. The summed E-state index contributed by atoms with van der Waals surface area (Å²) in [6, 6.07) is 8.83. The summed E-state index contributed by atoms with van der Waals surface area (Å²) in [6.45, 7) is 0. The number of rotatable bonds is 4. The molecule has 5 heteroatoms. The van der Waals surface area contributed by atoms with Gasteiger partial charge in [-0.3, -0.25) is 0 Å². The Balaban J connectivity index is 2.28. The smallest absolute Gasteiger partial charge is 0.191 e. The van der Waals surface area contributed by atoms with Crippen molar-refractivity contribution in [2.45, 2.75) is 37.4 Å². The first-order valence-corrected chi connectivity index (χ1v) is 8.62. The Morgan fingerprint density at radius 1 is 1.24 bits per heavy atom. The SMILES string of the molecule is COc1ccc(/C=C(/C#N)S(=O)(=O)C2CCCCC2)cc1. The minimum absolute atomic E-state index is 0.139. The third-order valence-electron chi connectivity index (χ3n) is 3.82. The van der Waals surface area contributed by atoms with Crippen LogP contribution in [-0.2, 0) is 9.84 Å². The summed E-state index contributed by atoms with van der Waals surface area (Å²) < 4.78 is 30.1. The molecular weight excluding hydrogens is 286 g/mol. The molecule has 0 atom stereocenters. The van der Waals surface area contributed by atoms with Gasteiger partial charge >= 0.3 is 0 Å². The van der Waals surface area contributed by atoms with Crippen molar-refractivity contribution >= 4 is 15.9 Å². The standard InChI is InChI=1S/C16H19NO3S/c1-20-14-9-7-13(8-10-14)11-16(12-17)21(18,19)15-5-3-2-4-6-15/h7-11,15H,2-6H2,1H3/b16-11-.